The molecule has 2 rings (SSSR count). The number of para-hydroxylation sites is 1. The van der Waals surface area contributed by atoms with E-state index < -0.39 is 0 Å². The van der Waals surface area contributed by atoms with E-state index in [1.165, 1.54) is 0 Å². The Bertz CT molecular complexity index is 599. The van der Waals surface area contributed by atoms with Crippen molar-refractivity contribution in [3.63, 3.8) is 0 Å². The number of hydrogen-bond donors (Lipinski definition) is 2. The number of aromatic amines is 1. The number of amides is 1. The van der Waals surface area contributed by atoms with Crippen LogP contribution in [0.1, 0.15) is 34.2 Å². The first-order valence-corrected chi connectivity index (χ1v) is 7.13. The maximum absolute atomic E-state index is 11.9. The van der Waals surface area contributed by atoms with E-state index in [9.17, 15) is 4.79 Å². The van der Waals surface area contributed by atoms with Crippen LogP contribution in [0, 0.1) is 13.8 Å². The third-order valence-electron chi connectivity index (χ3n) is 3.29. The van der Waals surface area contributed by atoms with E-state index in [2.05, 4.69) is 15.5 Å². The normalized spacial score (nSPS) is 10.4. The van der Waals surface area contributed by atoms with Gasteiger partial charge in [-0.1, -0.05) is 25.1 Å². The molecule has 0 unspecified atom stereocenters. The van der Waals surface area contributed by atoms with Gasteiger partial charge in [0.05, 0.1) is 6.54 Å². The van der Waals surface area contributed by atoms with Crippen LogP contribution in [-0.2, 0) is 6.42 Å². The van der Waals surface area contributed by atoms with Gasteiger partial charge in [0, 0.05) is 5.69 Å². The smallest absolute Gasteiger partial charge is 0.271 e. The molecular formula is C16H21N3O2. The van der Waals surface area contributed by atoms with Crippen molar-refractivity contribution in [2.45, 2.75) is 27.2 Å². The molecule has 1 amide bonds. The summed E-state index contributed by atoms with van der Waals surface area (Å²) in [6, 6.07) is 7.79. The van der Waals surface area contributed by atoms with Crippen LogP contribution < -0.4 is 10.1 Å². The van der Waals surface area contributed by atoms with Gasteiger partial charge in [0.25, 0.3) is 5.91 Å². The van der Waals surface area contributed by atoms with E-state index in [1.807, 2.05) is 39.0 Å². The predicted octanol–water partition coefficient (Wildman–Crippen LogP) is 2.40. The van der Waals surface area contributed by atoms with E-state index in [4.69, 9.17) is 4.74 Å². The number of benzene rings is 1. The molecule has 1 aromatic heterocycles. The lowest BCUT2D eigenvalue weighted by atomic mass is 10.1. The van der Waals surface area contributed by atoms with Gasteiger partial charge in [-0.15, -0.1) is 0 Å². The van der Waals surface area contributed by atoms with Crippen molar-refractivity contribution in [2.24, 2.45) is 0 Å². The Kier molecular flexibility index (Phi) is 4.98. The van der Waals surface area contributed by atoms with Crippen molar-refractivity contribution in [3.05, 3.63) is 46.8 Å². The van der Waals surface area contributed by atoms with Crippen molar-refractivity contribution in [3.8, 4) is 5.75 Å². The summed E-state index contributed by atoms with van der Waals surface area (Å²) in [5, 5.41) is 9.60. The van der Waals surface area contributed by atoms with Crippen LogP contribution in [0.15, 0.2) is 24.3 Å². The highest BCUT2D eigenvalue weighted by Crippen LogP contribution is 2.21. The maximum Gasteiger partial charge on any atom is 0.271 e. The summed E-state index contributed by atoms with van der Waals surface area (Å²) in [6.45, 7) is 6.91. The molecule has 1 aromatic carbocycles. The molecule has 0 fully saturated rings. The second-order valence-electron chi connectivity index (χ2n) is 4.96. The minimum absolute atomic E-state index is 0.184. The number of rotatable bonds is 6. The lowest BCUT2D eigenvalue weighted by Gasteiger charge is -2.12. The Morgan fingerprint density at radius 1 is 1.33 bits per heavy atom. The topological polar surface area (TPSA) is 67.0 Å². The number of aromatic nitrogens is 2. The van der Waals surface area contributed by atoms with Crippen LogP contribution in [-0.4, -0.2) is 29.3 Å². The Balaban J connectivity index is 1.80. The standard InChI is InChI=1S/C16H21N3O2/c1-4-13-10-14(19-18-13)16(20)17-8-9-21-15-11(2)6-5-7-12(15)3/h5-7,10H,4,8-9H2,1-3H3,(H,17,20)(H,18,19). The third-order valence-corrected chi connectivity index (χ3v) is 3.29. The molecule has 0 atom stereocenters. The number of aryl methyl sites for hydroxylation is 3. The summed E-state index contributed by atoms with van der Waals surface area (Å²) in [4.78, 5) is 11.9. The summed E-state index contributed by atoms with van der Waals surface area (Å²) in [5.41, 5.74) is 3.56. The fourth-order valence-corrected chi connectivity index (χ4v) is 2.09. The van der Waals surface area contributed by atoms with Gasteiger partial charge in [0.15, 0.2) is 0 Å². The van der Waals surface area contributed by atoms with Gasteiger partial charge in [-0.05, 0) is 37.5 Å². The summed E-state index contributed by atoms with van der Waals surface area (Å²) < 4.78 is 5.74. The van der Waals surface area contributed by atoms with E-state index in [1.54, 1.807) is 6.07 Å². The zero-order valence-electron chi connectivity index (χ0n) is 12.7. The van der Waals surface area contributed by atoms with E-state index in [-0.39, 0.29) is 5.91 Å². The molecule has 0 saturated heterocycles. The summed E-state index contributed by atoms with van der Waals surface area (Å²) in [5.74, 6) is 0.704. The largest absolute Gasteiger partial charge is 0.491 e. The van der Waals surface area contributed by atoms with Gasteiger partial charge < -0.3 is 10.1 Å². The van der Waals surface area contributed by atoms with Crippen LogP contribution in [0.5, 0.6) is 5.75 Å². The fraction of sp³-hybridized carbons (Fsp3) is 0.375. The Morgan fingerprint density at radius 2 is 2.05 bits per heavy atom. The number of nitrogens with one attached hydrogen (secondary N) is 2. The zero-order chi connectivity index (χ0) is 15.2. The van der Waals surface area contributed by atoms with Crippen molar-refractivity contribution in [1.82, 2.24) is 15.5 Å². The molecular weight excluding hydrogens is 266 g/mol. The monoisotopic (exact) mass is 287 g/mol. The number of ether oxygens (including phenoxy) is 1. The quantitative estimate of drug-likeness (QED) is 0.802. The average molecular weight is 287 g/mol. The molecule has 112 valence electrons. The first kappa shape index (κ1) is 15.1. The molecule has 21 heavy (non-hydrogen) atoms. The van der Waals surface area contributed by atoms with Crippen LogP contribution in [0.2, 0.25) is 0 Å². The van der Waals surface area contributed by atoms with Gasteiger partial charge in [0.2, 0.25) is 0 Å². The molecule has 5 nitrogen and oxygen atoms in total. The molecule has 5 heteroatoms. The van der Waals surface area contributed by atoms with E-state index in [0.29, 0.717) is 18.8 Å². The lowest BCUT2D eigenvalue weighted by Crippen LogP contribution is -2.28. The molecule has 1 heterocycles. The van der Waals surface area contributed by atoms with Crippen molar-refractivity contribution < 1.29 is 9.53 Å². The lowest BCUT2D eigenvalue weighted by molar-refractivity contribution is 0.0942. The summed E-state index contributed by atoms with van der Waals surface area (Å²) >= 11 is 0. The minimum Gasteiger partial charge on any atom is -0.491 e. The van der Waals surface area contributed by atoms with E-state index in [0.717, 1.165) is 29.0 Å². The fourth-order valence-electron chi connectivity index (χ4n) is 2.09. The Morgan fingerprint density at radius 3 is 2.67 bits per heavy atom. The molecule has 0 aliphatic heterocycles. The highest BCUT2D eigenvalue weighted by molar-refractivity contribution is 5.92. The summed E-state index contributed by atoms with van der Waals surface area (Å²) in [7, 11) is 0. The van der Waals surface area contributed by atoms with Crippen molar-refractivity contribution in [1.29, 1.82) is 0 Å². The molecule has 2 aromatic rings. The number of hydrogen-bond acceptors (Lipinski definition) is 3. The number of carbonyl (C=O) groups excluding carboxylic acids is 1. The first-order chi connectivity index (χ1) is 10.1. The Hall–Kier alpha value is -2.30. The molecule has 0 radical (unpaired) electrons. The number of H-pyrrole nitrogens is 1. The first-order valence-electron chi connectivity index (χ1n) is 7.13. The highest BCUT2D eigenvalue weighted by atomic mass is 16.5. The Labute approximate surface area is 124 Å². The second-order valence-corrected chi connectivity index (χ2v) is 4.96. The van der Waals surface area contributed by atoms with Gasteiger partial charge >= 0.3 is 0 Å². The van der Waals surface area contributed by atoms with Crippen LogP contribution >= 0.6 is 0 Å². The van der Waals surface area contributed by atoms with Crippen molar-refractivity contribution >= 4 is 5.91 Å². The molecule has 2 N–H and O–H groups in total. The van der Waals surface area contributed by atoms with Gasteiger partial charge in [-0.25, -0.2) is 0 Å². The SMILES string of the molecule is CCc1cc(C(=O)NCCOc2c(C)cccc2C)n[nH]1. The number of carbonyl (C=O) groups is 1. The minimum atomic E-state index is -0.184. The second kappa shape index (κ2) is 6.92. The van der Waals surface area contributed by atoms with Gasteiger partial charge in [-0.3, -0.25) is 9.89 Å². The molecule has 0 aliphatic rings. The molecule has 0 aliphatic carbocycles. The highest BCUT2D eigenvalue weighted by Gasteiger charge is 2.09. The van der Waals surface area contributed by atoms with Crippen LogP contribution in [0.4, 0.5) is 0 Å². The molecule has 0 spiro atoms. The molecule has 0 saturated carbocycles. The zero-order valence-corrected chi connectivity index (χ0v) is 12.7. The third kappa shape index (κ3) is 3.84. The van der Waals surface area contributed by atoms with Crippen molar-refractivity contribution in [2.75, 3.05) is 13.2 Å². The predicted molar refractivity (Wildman–Crippen MR) is 81.7 cm³/mol. The van der Waals surface area contributed by atoms with Crippen LogP contribution in [0.25, 0.3) is 0 Å². The van der Waals surface area contributed by atoms with Gasteiger partial charge in [0.1, 0.15) is 18.1 Å². The maximum atomic E-state index is 11.9. The average Bonchev–Trinajstić information content (AvgIpc) is 2.95. The number of nitrogens with zero attached hydrogens (tertiary/aromatic N) is 1. The summed E-state index contributed by atoms with van der Waals surface area (Å²) in [6.07, 6.45) is 0.829. The molecule has 0 bridgehead atoms. The van der Waals surface area contributed by atoms with Gasteiger partial charge in [-0.2, -0.15) is 5.10 Å². The van der Waals surface area contributed by atoms with Crippen LogP contribution in [0.3, 0.4) is 0 Å². The van der Waals surface area contributed by atoms with E-state index >= 15 is 0 Å².